The van der Waals surface area contributed by atoms with Gasteiger partial charge in [0, 0.05) is 6.54 Å². The lowest BCUT2D eigenvalue weighted by Crippen LogP contribution is -2.13. The number of hydrogen-bond donors (Lipinski definition) is 2. The smallest absolute Gasteiger partial charge is 0.131 e. The van der Waals surface area contributed by atoms with E-state index in [1.165, 1.54) is 30.6 Å². The topological polar surface area (TPSA) is 61.8 Å². The Labute approximate surface area is 110 Å². The first-order chi connectivity index (χ1) is 8.15. The maximum absolute atomic E-state index is 8.98. The van der Waals surface area contributed by atoms with E-state index < -0.39 is 0 Å². The molecular formula is C12H17N3S2. The van der Waals surface area contributed by atoms with Gasteiger partial charge < -0.3 is 11.1 Å². The molecule has 1 heterocycles. The molecule has 5 heteroatoms. The highest BCUT2D eigenvalue weighted by atomic mass is 32.2. The predicted octanol–water partition coefficient (Wildman–Crippen LogP) is 3.53. The van der Waals surface area contributed by atoms with Crippen molar-refractivity contribution in [3.8, 4) is 6.07 Å². The van der Waals surface area contributed by atoms with Crippen LogP contribution in [0.4, 0.5) is 10.7 Å². The summed E-state index contributed by atoms with van der Waals surface area (Å²) in [4.78, 5) is 1.65. The molecule has 92 valence electrons. The van der Waals surface area contributed by atoms with Crippen LogP contribution in [0.2, 0.25) is 0 Å². The number of rotatable bonds is 5. The van der Waals surface area contributed by atoms with Gasteiger partial charge in [-0.05, 0) is 30.9 Å². The lowest BCUT2D eigenvalue weighted by molar-refractivity contribution is 0.521. The molecule has 0 amide bonds. The van der Waals surface area contributed by atoms with E-state index in [1.54, 1.807) is 11.8 Å². The standard InChI is InChI=1S/C12H17N3S2/c1-3-12(4-5-12)7-15-11-10(16-2)9(14)8(6-13)17-11/h15H,3-5,7,14H2,1-2H3. The Morgan fingerprint density at radius 3 is 2.76 bits per heavy atom. The van der Waals surface area contributed by atoms with Crippen LogP contribution in [-0.4, -0.2) is 12.8 Å². The van der Waals surface area contributed by atoms with Gasteiger partial charge in [0.1, 0.15) is 15.9 Å². The lowest BCUT2D eigenvalue weighted by Gasteiger charge is -2.14. The van der Waals surface area contributed by atoms with Crippen molar-refractivity contribution in [3.05, 3.63) is 4.88 Å². The summed E-state index contributed by atoms with van der Waals surface area (Å²) in [6.45, 7) is 3.25. The van der Waals surface area contributed by atoms with E-state index in [-0.39, 0.29) is 0 Å². The normalized spacial score (nSPS) is 16.5. The summed E-state index contributed by atoms with van der Waals surface area (Å²) in [5, 5.41) is 13.5. The SMILES string of the molecule is CCC1(CNc2sc(C#N)c(N)c2SC)CC1. The summed E-state index contributed by atoms with van der Waals surface area (Å²) in [6.07, 6.45) is 5.85. The monoisotopic (exact) mass is 267 g/mol. The summed E-state index contributed by atoms with van der Waals surface area (Å²) in [5.41, 5.74) is 7.07. The van der Waals surface area contributed by atoms with Crippen LogP contribution in [0.3, 0.4) is 0 Å². The zero-order chi connectivity index (χ0) is 12.5. The second-order valence-electron chi connectivity index (χ2n) is 4.53. The van der Waals surface area contributed by atoms with Gasteiger partial charge >= 0.3 is 0 Å². The Hall–Kier alpha value is -0.860. The zero-order valence-corrected chi connectivity index (χ0v) is 11.8. The number of thiophene rings is 1. The molecule has 1 aliphatic rings. The molecule has 1 aliphatic carbocycles. The third-order valence-electron chi connectivity index (χ3n) is 3.54. The van der Waals surface area contributed by atoms with Gasteiger partial charge in [0.2, 0.25) is 0 Å². The van der Waals surface area contributed by atoms with E-state index >= 15 is 0 Å². The molecule has 3 nitrogen and oxygen atoms in total. The number of nitrogen functional groups attached to an aromatic ring is 1. The molecule has 0 unspecified atom stereocenters. The number of nitrogens with zero attached hydrogens (tertiary/aromatic N) is 1. The lowest BCUT2D eigenvalue weighted by atomic mass is 10.0. The molecule has 1 saturated carbocycles. The van der Waals surface area contributed by atoms with Crippen LogP contribution in [0.15, 0.2) is 4.90 Å². The Bertz CT molecular complexity index is 455. The molecule has 1 fully saturated rings. The van der Waals surface area contributed by atoms with Gasteiger partial charge in [0.25, 0.3) is 0 Å². The Morgan fingerprint density at radius 2 is 2.29 bits per heavy atom. The maximum Gasteiger partial charge on any atom is 0.131 e. The van der Waals surface area contributed by atoms with Crippen molar-refractivity contribution in [2.75, 3.05) is 23.9 Å². The van der Waals surface area contributed by atoms with Crippen molar-refractivity contribution < 1.29 is 0 Å². The van der Waals surface area contributed by atoms with Crippen molar-refractivity contribution in [1.82, 2.24) is 0 Å². The fraction of sp³-hybridized carbons (Fsp3) is 0.583. The van der Waals surface area contributed by atoms with Crippen LogP contribution < -0.4 is 11.1 Å². The van der Waals surface area contributed by atoms with Crippen LogP contribution in [0, 0.1) is 16.7 Å². The van der Waals surface area contributed by atoms with Gasteiger partial charge in [0.05, 0.1) is 10.6 Å². The minimum Gasteiger partial charge on any atom is -0.396 e. The number of nitrogens with two attached hydrogens (primary N) is 1. The van der Waals surface area contributed by atoms with E-state index in [0.717, 1.165) is 16.4 Å². The van der Waals surface area contributed by atoms with Crippen LogP contribution in [0.1, 0.15) is 31.1 Å². The molecule has 3 N–H and O–H groups in total. The average molecular weight is 267 g/mol. The molecular weight excluding hydrogens is 250 g/mol. The fourth-order valence-corrected chi connectivity index (χ4v) is 3.76. The molecule has 0 spiro atoms. The molecule has 17 heavy (non-hydrogen) atoms. The zero-order valence-electron chi connectivity index (χ0n) is 10.2. The van der Waals surface area contributed by atoms with E-state index in [2.05, 4.69) is 18.3 Å². The molecule has 0 saturated heterocycles. The molecule has 0 bridgehead atoms. The van der Waals surface area contributed by atoms with Crippen molar-refractivity contribution in [1.29, 1.82) is 5.26 Å². The second-order valence-corrected chi connectivity index (χ2v) is 6.36. The van der Waals surface area contributed by atoms with Gasteiger partial charge in [-0.15, -0.1) is 23.1 Å². The number of thioether (sulfide) groups is 1. The highest BCUT2D eigenvalue weighted by Crippen LogP contribution is 2.49. The van der Waals surface area contributed by atoms with E-state index in [1.807, 2.05) is 6.26 Å². The molecule has 1 aromatic heterocycles. The molecule has 0 aromatic carbocycles. The van der Waals surface area contributed by atoms with Crippen molar-refractivity contribution in [2.24, 2.45) is 5.41 Å². The van der Waals surface area contributed by atoms with Crippen LogP contribution in [0.25, 0.3) is 0 Å². The first kappa shape index (κ1) is 12.6. The number of anilines is 2. The van der Waals surface area contributed by atoms with Crippen LogP contribution in [-0.2, 0) is 0 Å². The quantitative estimate of drug-likeness (QED) is 0.801. The van der Waals surface area contributed by atoms with E-state index in [0.29, 0.717) is 16.0 Å². The Balaban J connectivity index is 2.13. The van der Waals surface area contributed by atoms with Crippen molar-refractivity contribution >= 4 is 33.8 Å². The summed E-state index contributed by atoms with van der Waals surface area (Å²) in [5.74, 6) is 0. The van der Waals surface area contributed by atoms with E-state index in [4.69, 9.17) is 11.0 Å². The first-order valence-electron chi connectivity index (χ1n) is 5.76. The summed E-state index contributed by atoms with van der Waals surface area (Å²) in [6, 6.07) is 2.16. The van der Waals surface area contributed by atoms with Gasteiger partial charge in [0.15, 0.2) is 0 Å². The molecule has 0 atom stereocenters. The second kappa shape index (κ2) is 4.79. The Morgan fingerprint density at radius 1 is 1.59 bits per heavy atom. The highest BCUT2D eigenvalue weighted by Gasteiger charge is 2.40. The number of nitrogens with one attached hydrogen (secondary N) is 1. The number of hydrogen-bond acceptors (Lipinski definition) is 5. The van der Waals surface area contributed by atoms with Gasteiger partial charge in [-0.3, -0.25) is 0 Å². The molecule has 0 radical (unpaired) electrons. The third-order valence-corrected chi connectivity index (χ3v) is 5.57. The third kappa shape index (κ3) is 2.38. The minimum atomic E-state index is 0.501. The molecule has 2 rings (SSSR count). The van der Waals surface area contributed by atoms with Gasteiger partial charge in [-0.1, -0.05) is 6.92 Å². The summed E-state index contributed by atoms with van der Waals surface area (Å²) in [7, 11) is 0. The molecule has 1 aromatic rings. The fourth-order valence-electron chi connectivity index (χ4n) is 1.93. The largest absolute Gasteiger partial charge is 0.396 e. The maximum atomic E-state index is 8.98. The van der Waals surface area contributed by atoms with Crippen LogP contribution >= 0.6 is 23.1 Å². The predicted molar refractivity (Wildman–Crippen MR) is 75.7 cm³/mol. The van der Waals surface area contributed by atoms with Gasteiger partial charge in [-0.25, -0.2) is 0 Å². The van der Waals surface area contributed by atoms with Crippen LogP contribution in [0.5, 0.6) is 0 Å². The van der Waals surface area contributed by atoms with Gasteiger partial charge in [-0.2, -0.15) is 5.26 Å². The minimum absolute atomic E-state index is 0.501. The van der Waals surface area contributed by atoms with Crippen molar-refractivity contribution in [3.63, 3.8) is 0 Å². The summed E-state index contributed by atoms with van der Waals surface area (Å²) >= 11 is 3.08. The summed E-state index contributed by atoms with van der Waals surface area (Å²) < 4.78 is 0. The first-order valence-corrected chi connectivity index (χ1v) is 7.80. The average Bonchev–Trinajstić information content (AvgIpc) is 3.06. The molecule has 0 aliphatic heterocycles. The highest BCUT2D eigenvalue weighted by molar-refractivity contribution is 7.99. The van der Waals surface area contributed by atoms with Crippen molar-refractivity contribution in [2.45, 2.75) is 31.1 Å². The van der Waals surface area contributed by atoms with E-state index in [9.17, 15) is 0 Å². The number of nitriles is 1. The Kier molecular flexibility index (Phi) is 3.55.